The minimum Gasteiger partial charge on any atom is -0.450 e. The number of nitrogens with zero attached hydrogens (tertiary/aromatic N) is 1. The van der Waals surface area contributed by atoms with Crippen molar-refractivity contribution in [3.63, 3.8) is 0 Å². The van der Waals surface area contributed by atoms with Gasteiger partial charge in [0.2, 0.25) is 5.75 Å². The lowest BCUT2D eigenvalue weighted by molar-refractivity contribution is -0.386. The van der Waals surface area contributed by atoms with Gasteiger partial charge in [0.1, 0.15) is 17.2 Å². The molecule has 0 saturated heterocycles. The third-order valence-corrected chi connectivity index (χ3v) is 4.49. The summed E-state index contributed by atoms with van der Waals surface area (Å²) in [4.78, 5) is 22.3. The Morgan fingerprint density at radius 2 is 2.00 bits per heavy atom. The van der Waals surface area contributed by atoms with Crippen molar-refractivity contribution in [1.82, 2.24) is 0 Å². The van der Waals surface area contributed by atoms with Gasteiger partial charge in [-0.15, -0.1) is 0 Å². The first-order valence-electron chi connectivity index (χ1n) is 7.91. The molecule has 0 heterocycles. The van der Waals surface area contributed by atoms with Crippen molar-refractivity contribution in [3.05, 3.63) is 62.9 Å². The maximum absolute atomic E-state index is 13.3. The second kappa shape index (κ2) is 7.79. The van der Waals surface area contributed by atoms with Crippen LogP contribution in [-0.4, -0.2) is 16.6 Å². The molecule has 2 aromatic carbocycles. The van der Waals surface area contributed by atoms with E-state index in [1.165, 1.54) is 18.2 Å². The average Bonchev–Trinajstić information content (AvgIpc) is 2.56. The molecule has 0 fully saturated rings. The zero-order valence-corrected chi connectivity index (χ0v) is 15.6. The molecular weight excluding hydrogens is 379 g/mol. The number of carbonyl (C=O) groups is 1. The van der Waals surface area contributed by atoms with E-state index in [9.17, 15) is 19.3 Å². The number of rotatable bonds is 6. The SMILES string of the molecule is CC(c1cccc(Oc2ccc(F)c(Cl)c2)c1[N+](=O)[O-])C(C)(C)OC(N)=O. The Labute approximate surface area is 160 Å². The number of nitrogens with two attached hydrogens (primary N) is 1. The fraction of sp³-hybridized carbons (Fsp3) is 0.278. The molecule has 1 amide bonds. The van der Waals surface area contributed by atoms with Crippen molar-refractivity contribution in [3.8, 4) is 11.5 Å². The summed E-state index contributed by atoms with van der Waals surface area (Å²) in [5.74, 6) is -1.12. The van der Waals surface area contributed by atoms with Crippen LogP contribution in [0.3, 0.4) is 0 Å². The predicted molar refractivity (Wildman–Crippen MR) is 97.7 cm³/mol. The van der Waals surface area contributed by atoms with Crippen LogP contribution in [0.4, 0.5) is 14.9 Å². The van der Waals surface area contributed by atoms with Gasteiger partial charge in [-0.1, -0.05) is 30.7 Å². The molecule has 144 valence electrons. The summed E-state index contributed by atoms with van der Waals surface area (Å²) in [7, 11) is 0. The molecule has 7 nitrogen and oxygen atoms in total. The number of nitro benzene ring substituents is 1. The van der Waals surface area contributed by atoms with Crippen LogP contribution in [-0.2, 0) is 4.74 Å². The molecule has 0 aliphatic heterocycles. The second-order valence-corrected chi connectivity index (χ2v) is 6.78. The molecule has 0 spiro atoms. The molecule has 1 atom stereocenters. The number of primary amides is 1. The lowest BCUT2D eigenvalue weighted by atomic mass is 9.85. The smallest absolute Gasteiger partial charge is 0.405 e. The highest BCUT2D eigenvalue weighted by molar-refractivity contribution is 6.30. The van der Waals surface area contributed by atoms with E-state index in [4.69, 9.17) is 26.8 Å². The molecule has 2 rings (SSSR count). The van der Waals surface area contributed by atoms with Gasteiger partial charge in [-0.3, -0.25) is 10.1 Å². The zero-order valence-electron chi connectivity index (χ0n) is 14.9. The Bertz CT molecular complexity index is 888. The maximum Gasteiger partial charge on any atom is 0.405 e. The molecule has 0 saturated carbocycles. The Morgan fingerprint density at radius 1 is 1.33 bits per heavy atom. The summed E-state index contributed by atoms with van der Waals surface area (Å²) in [6.07, 6.45) is -0.983. The highest BCUT2D eigenvalue weighted by atomic mass is 35.5. The van der Waals surface area contributed by atoms with Crippen LogP contribution in [0.1, 0.15) is 32.3 Å². The van der Waals surface area contributed by atoms with Crippen LogP contribution in [0.25, 0.3) is 0 Å². The predicted octanol–water partition coefficient (Wildman–Crippen LogP) is 5.16. The summed E-state index contributed by atoms with van der Waals surface area (Å²) in [5, 5.41) is 11.5. The van der Waals surface area contributed by atoms with Crippen LogP contribution in [0.2, 0.25) is 5.02 Å². The fourth-order valence-corrected chi connectivity index (χ4v) is 2.73. The van der Waals surface area contributed by atoms with E-state index in [2.05, 4.69) is 0 Å². The van der Waals surface area contributed by atoms with Gasteiger partial charge in [0.05, 0.1) is 9.95 Å². The van der Waals surface area contributed by atoms with Crippen LogP contribution in [0, 0.1) is 15.9 Å². The largest absolute Gasteiger partial charge is 0.450 e. The monoisotopic (exact) mass is 396 g/mol. The number of hydrogen-bond donors (Lipinski definition) is 1. The van der Waals surface area contributed by atoms with Gasteiger partial charge in [0.25, 0.3) is 0 Å². The first-order valence-corrected chi connectivity index (χ1v) is 8.29. The van der Waals surface area contributed by atoms with Crippen LogP contribution in [0.5, 0.6) is 11.5 Å². The minimum atomic E-state index is -1.10. The summed E-state index contributed by atoms with van der Waals surface area (Å²) >= 11 is 5.72. The molecule has 0 aliphatic carbocycles. The van der Waals surface area contributed by atoms with Gasteiger partial charge in [-0.25, -0.2) is 9.18 Å². The third-order valence-electron chi connectivity index (χ3n) is 4.20. The summed E-state index contributed by atoms with van der Waals surface area (Å²) < 4.78 is 24.0. The van der Waals surface area contributed by atoms with E-state index >= 15 is 0 Å². The minimum absolute atomic E-state index is 0.0538. The summed E-state index contributed by atoms with van der Waals surface area (Å²) in [5.41, 5.74) is 3.97. The van der Waals surface area contributed by atoms with Gasteiger partial charge in [-0.05, 0) is 32.0 Å². The van der Waals surface area contributed by atoms with Gasteiger partial charge in [0.15, 0.2) is 0 Å². The van der Waals surface area contributed by atoms with Crippen molar-refractivity contribution < 1.29 is 23.6 Å². The fourth-order valence-electron chi connectivity index (χ4n) is 2.56. The van der Waals surface area contributed by atoms with Gasteiger partial charge >= 0.3 is 11.8 Å². The lowest BCUT2D eigenvalue weighted by Gasteiger charge is -2.31. The molecule has 0 aliphatic rings. The second-order valence-electron chi connectivity index (χ2n) is 6.38. The molecule has 1 unspecified atom stereocenters. The third kappa shape index (κ3) is 4.65. The zero-order chi connectivity index (χ0) is 20.4. The number of ether oxygens (including phenoxy) is 2. The van der Waals surface area contributed by atoms with E-state index in [-0.39, 0.29) is 27.8 Å². The van der Waals surface area contributed by atoms with E-state index in [0.29, 0.717) is 0 Å². The van der Waals surface area contributed by atoms with Gasteiger partial charge in [0, 0.05) is 17.5 Å². The Kier molecular flexibility index (Phi) is 5.90. The van der Waals surface area contributed by atoms with Gasteiger partial charge in [-0.2, -0.15) is 0 Å². The molecule has 2 aromatic rings. The first kappa shape index (κ1) is 20.4. The molecular formula is C18H18ClFN2O5. The summed E-state index contributed by atoms with van der Waals surface area (Å²) in [6.45, 7) is 4.86. The number of amides is 1. The molecule has 0 aromatic heterocycles. The Morgan fingerprint density at radius 3 is 2.56 bits per heavy atom. The number of para-hydroxylation sites is 1. The van der Waals surface area contributed by atoms with Crippen LogP contribution < -0.4 is 10.5 Å². The first-order chi connectivity index (χ1) is 12.5. The van der Waals surface area contributed by atoms with Crippen LogP contribution >= 0.6 is 11.6 Å². The molecule has 27 heavy (non-hydrogen) atoms. The molecule has 0 bridgehead atoms. The molecule has 9 heteroatoms. The van der Waals surface area contributed by atoms with Gasteiger partial charge < -0.3 is 15.2 Å². The topological polar surface area (TPSA) is 105 Å². The van der Waals surface area contributed by atoms with Crippen molar-refractivity contribution in [2.24, 2.45) is 5.73 Å². The van der Waals surface area contributed by atoms with Crippen molar-refractivity contribution in [2.45, 2.75) is 32.3 Å². The number of halogens is 2. The van der Waals surface area contributed by atoms with E-state index in [1.54, 1.807) is 32.9 Å². The van der Waals surface area contributed by atoms with Crippen molar-refractivity contribution in [2.75, 3.05) is 0 Å². The summed E-state index contributed by atoms with van der Waals surface area (Å²) in [6, 6.07) is 8.14. The van der Waals surface area contributed by atoms with Crippen molar-refractivity contribution >= 4 is 23.4 Å². The lowest BCUT2D eigenvalue weighted by Crippen LogP contribution is -2.36. The normalized spacial score (nSPS) is 12.3. The Hall–Kier alpha value is -2.87. The van der Waals surface area contributed by atoms with E-state index in [1.807, 2.05) is 0 Å². The van der Waals surface area contributed by atoms with Crippen LogP contribution in [0.15, 0.2) is 36.4 Å². The quantitative estimate of drug-likeness (QED) is 0.536. The molecule has 0 radical (unpaired) electrons. The van der Waals surface area contributed by atoms with E-state index in [0.717, 1.165) is 6.07 Å². The van der Waals surface area contributed by atoms with E-state index < -0.39 is 28.4 Å². The number of hydrogen-bond acceptors (Lipinski definition) is 5. The standard InChI is InChI=1S/C18H18ClFN2O5/c1-10(18(2,3)27-17(21)23)12-5-4-6-15(16(12)22(24)25)26-11-7-8-14(20)13(19)9-11/h4-10H,1-3H3,(H2,21,23). The maximum atomic E-state index is 13.3. The number of nitro groups is 1. The molecule has 2 N–H and O–H groups in total. The average molecular weight is 397 g/mol. The highest BCUT2D eigenvalue weighted by Gasteiger charge is 2.36. The number of carbonyl (C=O) groups excluding carboxylic acids is 1. The van der Waals surface area contributed by atoms with Crippen molar-refractivity contribution in [1.29, 1.82) is 0 Å². The Balaban J connectivity index is 2.49. The number of benzene rings is 2. The highest BCUT2D eigenvalue weighted by Crippen LogP contribution is 2.42.